The van der Waals surface area contributed by atoms with Crippen LogP contribution in [0, 0.1) is 0 Å². The third-order valence-electron chi connectivity index (χ3n) is 5.25. The lowest BCUT2D eigenvalue weighted by Crippen LogP contribution is -2.33. The molecule has 3 aromatic rings. The Balaban J connectivity index is 1.72. The summed E-state index contributed by atoms with van der Waals surface area (Å²) in [6, 6.07) is 16.6. The van der Waals surface area contributed by atoms with Crippen LogP contribution in [0.4, 0.5) is 0 Å². The summed E-state index contributed by atoms with van der Waals surface area (Å²) in [7, 11) is 0. The van der Waals surface area contributed by atoms with Gasteiger partial charge in [0.05, 0.1) is 0 Å². The number of unbranched alkanes of at least 4 members (excludes halogenated alkanes) is 1. The summed E-state index contributed by atoms with van der Waals surface area (Å²) in [5, 5.41) is 0.268. The van der Waals surface area contributed by atoms with Crippen LogP contribution in [0.5, 0.6) is 0 Å². The molecule has 2 heterocycles. The highest BCUT2D eigenvalue weighted by Gasteiger charge is 2.21. The Labute approximate surface area is 180 Å². The van der Waals surface area contributed by atoms with Gasteiger partial charge in [0.15, 0.2) is 11.4 Å². The smallest absolute Gasteiger partial charge is 0.169 e. The van der Waals surface area contributed by atoms with E-state index >= 15 is 0 Å². The van der Waals surface area contributed by atoms with Crippen LogP contribution in [0.2, 0.25) is 5.15 Å². The van der Waals surface area contributed by atoms with Crippen LogP contribution in [-0.2, 0) is 13.0 Å². The standard InChI is InChI=1S/C22H25ClN6O/c1-2-3-9-20-24-21(23)19(14-30)29(20)13-15-10-11-17(16-7-5-4-6-8-16)18(12-15)22-25-27-28-26-22/h4-8,10-12,14,22,25-28H,2-3,9,13H2,1H3. The van der Waals surface area contributed by atoms with Gasteiger partial charge in [-0.1, -0.05) is 73.5 Å². The number of aldehydes is 1. The van der Waals surface area contributed by atoms with Gasteiger partial charge in [-0.2, -0.15) is 11.1 Å². The minimum Gasteiger partial charge on any atom is -0.320 e. The largest absolute Gasteiger partial charge is 0.320 e. The van der Waals surface area contributed by atoms with Gasteiger partial charge in [0, 0.05) is 13.0 Å². The molecule has 1 saturated heterocycles. The summed E-state index contributed by atoms with van der Waals surface area (Å²) in [6.07, 6.45) is 3.51. The average molecular weight is 425 g/mol. The third kappa shape index (κ3) is 4.30. The van der Waals surface area contributed by atoms with Crippen molar-refractivity contribution in [1.82, 2.24) is 31.5 Å². The molecule has 156 valence electrons. The minimum absolute atomic E-state index is 0.114. The molecule has 0 bridgehead atoms. The van der Waals surface area contributed by atoms with Crippen LogP contribution < -0.4 is 21.9 Å². The van der Waals surface area contributed by atoms with Gasteiger partial charge in [-0.25, -0.2) is 15.8 Å². The molecule has 7 nitrogen and oxygen atoms in total. The van der Waals surface area contributed by atoms with E-state index in [0.29, 0.717) is 12.2 Å². The van der Waals surface area contributed by atoms with Crippen LogP contribution in [-0.4, -0.2) is 15.8 Å². The molecule has 0 aliphatic carbocycles. The van der Waals surface area contributed by atoms with Crippen LogP contribution in [0.15, 0.2) is 48.5 Å². The summed E-state index contributed by atoms with van der Waals surface area (Å²) in [5.41, 5.74) is 17.0. The van der Waals surface area contributed by atoms with Gasteiger partial charge in [-0.15, -0.1) is 0 Å². The average Bonchev–Trinajstić information content (AvgIpc) is 3.41. The third-order valence-corrected chi connectivity index (χ3v) is 5.53. The quantitative estimate of drug-likeness (QED) is 0.414. The number of hydrogen-bond donors (Lipinski definition) is 4. The second-order valence-electron chi connectivity index (χ2n) is 7.27. The van der Waals surface area contributed by atoms with Gasteiger partial charge < -0.3 is 4.57 Å². The number of imidazole rings is 1. The zero-order chi connectivity index (χ0) is 20.9. The van der Waals surface area contributed by atoms with Crippen LogP contribution >= 0.6 is 11.6 Å². The number of hydrogen-bond acceptors (Lipinski definition) is 6. The summed E-state index contributed by atoms with van der Waals surface area (Å²) in [5.74, 6) is 0.845. The van der Waals surface area contributed by atoms with Gasteiger partial charge in [0.25, 0.3) is 0 Å². The predicted molar refractivity (Wildman–Crippen MR) is 118 cm³/mol. The van der Waals surface area contributed by atoms with Crippen molar-refractivity contribution in [3.63, 3.8) is 0 Å². The van der Waals surface area contributed by atoms with Crippen LogP contribution in [0.25, 0.3) is 11.1 Å². The molecule has 1 aliphatic rings. The Hall–Kier alpha value is -2.55. The fourth-order valence-corrected chi connectivity index (χ4v) is 3.96. The summed E-state index contributed by atoms with van der Waals surface area (Å²) < 4.78 is 1.93. The number of halogens is 1. The van der Waals surface area contributed by atoms with Crippen molar-refractivity contribution in [2.45, 2.75) is 38.9 Å². The van der Waals surface area contributed by atoms with E-state index in [-0.39, 0.29) is 11.3 Å². The monoisotopic (exact) mass is 424 g/mol. The van der Waals surface area contributed by atoms with Gasteiger partial charge in [0.2, 0.25) is 0 Å². The van der Waals surface area contributed by atoms with Crippen molar-refractivity contribution in [3.05, 3.63) is 76.3 Å². The van der Waals surface area contributed by atoms with Crippen molar-refractivity contribution >= 4 is 17.9 Å². The van der Waals surface area contributed by atoms with E-state index in [0.717, 1.165) is 53.6 Å². The first kappa shape index (κ1) is 20.7. The number of carbonyl (C=O) groups is 1. The first-order chi connectivity index (χ1) is 14.7. The first-order valence-electron chi connectivity index (χ1n) is 10.1. The van der Waals surface area contributed by atoms with E-state index in [1.807, 2.05) is 22.8 Å². The van der Waals surface area contributed by atoms with Crippen molar-refractivity contribution in [1.29, 1.82) is 0 Å². The highest BCUT2D eigenvalue weighted by molar-refractivity contribution is 6.31. The lowest BCUT2D eigenvalue weighted by atomic mass is 9.96. The Bertz CT molecular complexity index is 1010. The molecule has 4 N–H and O–H groups in total. The fourth-order valence-electron chi connectivity index (χ4n) is 3.72. The maximum Gasteiger partial charge on any atom is 0.169 e. The topological polar surface area (TPSA) is 83.0 Å². The molecule has 2 aromatic carbocycles. The van der Waals surface area contributed by atoms with Gasteiger partial charge in [0.1, 0.15) is 17.7 Å². The summed E-state index contributed by atoms with van der Waals surface area (Å²) in [6.45, 7) is 2.66. The van der Waals surface area contributed by atoms with Crippen LogP contribution in [0.1, 0.15) is 53.4 Å². The maximum atomic E-state index is 11.7. The molecule has 0 saturated carbocycles. The second-order valence-corrected chi connectivity index (χ2v) is 7.63. The van der Waals surface area contributed by atoms with Crippen molar-refractivity contribution in [2.24, 2.45) is 0 Å². The molecule has 8 heteroatoms. The zero-order valence-corrected chi connectivity index (χ0v) is 17.5. The lowest BCUT2D eigenvalue weighted by Gasteiger charge is -2.18. The molecule has 30 heavy (non-hydrogen) atoms. The Morgan fingerprint density at radius 1 is 1.13 bits per heavy atom. The zero-order valence-electron chi connectivity index (χ0n) is 16.8. The summed E-state index contributed by atoms with van der Waals surface area (Å²) >= 11 is 6.24. The molecule has 0 atom stereocenters. The van der Waals surface area contributed by atoms with Gasteiger partial charge >= 0.3 is 0 Å². The highest BCUT2D eigenvalue weighted by atomic mass is 35.5. The van der Waals surface area contributed by atoms with E-state index in [1.165, 1.54) is 0 Å². The van der Waals surface area contributed by atoms with E-state index in [2.05, 4.69) is 64.2 Å². The number of aryl methyl sites for hydroxylation is 1. The number of benzene rings is 2. The minimum atomic E-state index is -0.114. The first-order valence-corrected chi connectivity index (χ1v) is 10.5. The second kappa shape index (κ2) is 9.51. The highest BCUT2D eigenvalue weighted by Crippen LogP contribution is 2.29. The van der Waals surface area contributed by atoms with E-state index in [1.54, 1.807) is 0 Å². The van der Waals surface area contributed by atoms with Crippen molar-refractivity contribution in [3.8, 4) is 11.1 Å². The number of carbonyl (C=O) groups excluding carboxylic acids is 1. The fraction of sp³-hybridized carbons (Fsp3) is 0.273. The number of nitrogens with zero attached hydrogens (tertiary/aromatic N) is 2. The van der Waals surface area contributed by atoms with Gasteiger partial charge in [-0.05, 0) is 28.7 Å². The maximum absolute atomic E-state index is 11.7. The number of hydrazine groups is 3. The molecule has 0 radical (unpaired) electrons. The van der Waals surface area contributed by atoms with E-state index < -0.39 is 0 Å². The summed E-state index contributed by atoms with van der Waals surface area (Å²) in [4.78, 5) is 16.1. The molecular weight excluding hydrogens is 400 g/mol. The SMILES string of the molecule is CCCCc1nc(Cl)c(C=O)n1Cc1ccc(-c2ccccc2)c(C2NNNN2)c1. The normalized spacial score (nSPS) is 14.3. The van der Waals surface area contributed by atoms with E-state index in [4.69, 9.17) is 11.6 Å². The van der Waals surface area contributed by atoms with E-state index in [9.17, 15) is 4.79 Å². The lowest BCUT2D eigenvalue weighted by molar-refractivity contribution is 0.111. The Morgan fingerprint density at radius 3 is 2.60 bits per heavy atom. The molecule has 0 spiro atoms. The molecule has 1 aliphatic heterocycles. The van der Waals surface area contributed by atoms with Crippen LogP contribution in [0.3, 0.4) is 0 Å². The molecule has 0 amide bonds. The number of rotatable bonds is 8. The molecular formula is C22H25ClN6O. The molecule has 4 rings (SSSR count). The Morgan fingerprint density at radius 2 is 1.90 bits per heavy atom. The predicted octanol–water partition coefficient (Wildman–Crippen LogP) is 3.52. The number of aromatic nitrogens is 2. The molecule has 1 fully saturated rings. The molecule has 0 unspecified atom stereocenters. The number of nitrogens with one attached hydrogen (secondary N) is 4. The Kier molecular flexibility index (Phi) is 6.56. The van der Waals surface area contributed by atoms with Gasteiger partial charge in [-0.3, -0.25) is 4.79 Å². The molecule has 1 aromatic heterocycles. The van der Waals surface area contributed by atoms with Crippen molar-refractivity contribution in [2.75, 3.05) is 0 Å². The van der Waals surface area contributed by atoms with Crippen molar-refractivity contribution < 1.29 is 4.79 Å².